The largest absolute Gasteiger partial charge is 0.321 e. The molecular formula is C15H18ClN5S2. The Morgan fingerprint density at radius 1 is 1.39 bits per heavy atom. The Bertz CT molecular complexity index is 800. The second-order valence-electron chi connectivity index (χ2n) is 5.45. The molecule has 3 aromatic rings. The first-order valence-electron chi connectivity index (χ1n) is 7.43. The van der Waals surface area contributed by atoms with E-state index in [0.29, 0.717) is 5.92 Å². The third-order valence-corrected chi connectivity index (χ3v) is 6.14. The van der Waals surface area contributed by atoms with Crippen LogP contribution < -0.4 is 5.73 Å². The van der Waals surface area contributed by atoms with Crippen LogP contribution in [-0.4, -0.2) is 19.8 Å². The van der Waals surface area contributed by atoms with Gasteiger partial charge in [0.25, 0.3) is 0 Å². The molecule has 0 spiro atoms. The van der Waals surface area contributed by atoms with Crippen molar-refractivity contribution in [2.24, 2.45) is 11.7 Å². The van der Waals surface area contributed by atoms with Crippen molar-refractivity contribution in [3.8, 4) is 0 Å². The van der Waals surface area contributed by atoms with E-state index < -0.39 is 0 Å². The summed E-state index contributed by atoms with van der Waals surface area (Å²) in [4.78, 5) is 0.785. The molecule has 0 amide bonds. The lowest BCUT2D eigenvalue weighted by molar-refractivity contribution is 0.431. The summed E-state index contributed by atoms with van der Waals surface area (Å²) in [5, 5.41) is 13.8. The van der Waals surface area contributed by atoms with Crippen LogP contribution in [0.1, 0.15) is 37.7 Å². The number of nitrogens with two attached hydrogens (primary N) is 1. The van der Waals surface area contributed by atoms with Crippen molar-refractivity contribution >= 4 is 39.7 Å². The Balaban J connectivity index is 1.77. The first-order valence-corrected chi connectivity index (χ1v) is 9.61. The number of hydrogen-bond donors (Lipinski definition) is 1. The molecule has 2 atom stereocenters. The highest BCUT2D eigenvalue weighted by Crippen LogP contribution is 2.30. The molecule has 3 rings (SSSR count). The first-order chi connectivity index (χ1) is 11.1. The maximum absolute atomic E-state index is 6.27. The Hall–Kier alpha value is -1.15. The Kier molecular flexibility index (Phi) is 5.21. The highest BCUT2D eigenvalue weighted by molar-refractivity contribution is 8.00. The monoisotopic (exact) mass is 367 g/mol. The fraction of sp³-hybridized carbons (Fsp3) is 0.400. The Morgan fingerprint density at radius 3 is 2.96 bits per heavy atom. The molecular weight excluding hydrogens is 350 g/mol. The predicted molar refractivity (Wildman–Crippen MR) is 96.1 cm³/mol. The zero-order valence-corrected chi connectivity index (χ0v) is 15.3. The quantitative estimate of drug-likeness (QED) is 0.662. The summed E-state index contributed by atoms with van der Waals surface area (Å²) in [7, 11) is 0. The first kappa shape index (κ1) is 16.7. The summed E-state index contributed by atoms with van der Waals surface area (Å²) in [6.45, 7) is 4.24. The zero-order chi connectivity index (χ0) is 16.4. The van der Waals surface area contributed by atoms with Crippen LogP contribution in [0.25, 0.3) is 4.96 Å². The van der Waals surface area contributed by atoms with E-state index in [2.05, 4.69) is 35.2 Å². The van der Waals surface area contributed by atoms with Gasteiger partial charge in [-0.3, -0.25) is 0 Å². The van der Waals surface area contributed by atoms with Gasteiger partial charge in [-0.2, -0.15) is 4.52 Å². The van der Waals surface area contributed by atoms with Gasteiger partial charge in [0.05, 0.1) is 6.04 Å². The van der Waals surface area contributed by atoms with E-state index in [1.54, 1.807) is 16.3 Å². The zero-order valence-electron chi connectivity index (χ0n) is 12.9. The number of thioether (sulfide) groups is 1. The van der Waals surface area contributed by atoms with E-state index in [1.165, 1.54) is 16.9 Å². The number of hydrogen-bond acceptors (Lipinski definition) is 6. The van der Waals surface area contributed by atoms with Gasteiger partial charge in [0.15, 0.2) is 10.2 Å². The lowest BCUT2D eigenvalue weighted by Gasteiger charge is -2.15. The van der Waals surface area contributed by atoms with Gasteiger partial charge in [-0.05, 0) is 23.6 Å². The topological polar surface area (TPSA) is 69.1 Å². The maximum Gasteiger partial charge on any atom is 0.235 e. The minimum atomic E-state index is -0.150. The van der Waals surface area contributed by atoms with Crippen LogP contribution in [0.15, 0.2) is 28.6 Å². The highest BCUT2D eigenvalue weighted by atomic mass is 35.5. The SMILES string of the molecule is CCC(C)C(N)c1nnc2sc(SCc3cccc(Cl)c3)nn12. The van der Waals surface area contributed by atoms with Gasteiger partial charge in [-0.1, -0.05) is 67.1 Å². The van der Waals surface area contributed by atoms with Crippen LogP contribution in [0.4, 0.5) is 0 Å². The van der Waals surface area contributed by atoms with E-state index in [0.717, 1.165) is 32.3 Å². The lowest BCUT2D eigenvalue weighted by Crippen LogP contribution is -2.21. The molecule has 0 radical (unpaired) electrons. The van der Waals surface area contributed by atoms with Gasteiger partial charge in [-0.15, -0.1) is 15.3 Å². The van der Waals surface area contributed by atoms with E-state index in [-0.39, 0.29) is 6.04 Å². The molecule has 2 unspecified atom stereocenters. The molecule has 2 N–H and O–H groups in total. The van der Waals surface area contributed by atoms with Gasteiger partial charge in [-0.25, -0.2) is 0 Å². The van der Waals surface area contributed by atoms with Crippen LogP contribution in [0.3, 0.4) is 0 Å². The van der Waals surface area contributed by atoms with Crippen LogP contribution in [0.2, 0.25) is 5.02 Å². The molecule has 1 aromatic carbocycles. The van der Waals surface area contributed by atoms with Crippen molar-refractivity contribution < 1.29 is 0 Å². The average Bonchev–Trinajstić information content (AvgIpc) is 3.11. The Morgan fingerprint density at radius 2 is 2.22 bits per heavy atom. The number of rotatable bonds is 6. The fourth-order valence-electron chi connectivity index (χ4n) is 2.16. The van der Waals surface area contributed by atoms with Gasteiger partial charge >= 0.3 is 0 Å². The number of benzene rings is 1. The van der Waals surface area contributed by atoms with Crippen molar-refractivity contribution in [3.63, 3.8) is 0 Å². The normalized spacial score (nSPS) is 14.3. The number of nitrogens with zero attached hydrogens (tertiary/aromatic N) is 4. The smallest absolute Gasteiger partial charge is 0.235 e. The molecule has 23 heavy (non-hydrogen) atoms. The van der Waals surface area contributed by atoms with Gasteiger partial charge in [0, 0.05) is 10.8 Å². The predicted octanol–water partition coefficient (Wildman–Crippen LogP) is 4.18. The molecule has 2 aromatic heterocycles. The summed E-state index contributed by atoms with van der Waals surface area (Å²) in [6, 6.07) is 7.71. The molecule has 0 saturated heterocycles. The number of halogens is 1. The molecule has 8 heteroatoms. The summed E-state index contributed by atoms with van der Waals surface area (Å²) in [6.07, 6.45) is 0.997. The van der Waals surface area contributed by atoms with E-state index in [1.807, 2.05) is 18.2 Å². The van der Waals surface area contributed by atoms with Gasteiger partial charge in [0.2, 0.25) is 4.96 Å². The number of aromatic nitrogens is 4. The molecule has 0 fully saturated rings. The molecule has 0 saturated carbocycles. The summed E-state index contributed by atoms with van der Waals surface area (Å²) < 4.78 is 2.73. The molecule has 2 heterocycles. The minimum Gasteiger partial charge on any atom is -0.321 e. The fourth-order valence-corrected chi connectivity index (χ4v) is 4.20. The van der Waals surface area contributed by atoms with Crippen LogP contribution in [0.5, 0.6) is 0 Å². The van der Waals surface area contributed by atoms with Crippen molar-refractivity contribution in [3.05, 3.63) is 40.7 Å². The second kappa shape index (κ2) is 7.17. The number of fused-ring (bicyclic) bond motifs is 1. The van der Waals surface area contributed by atoms with E-state index in [9.17, 15) is 0 Å². The third kappa shape index (κ3) is 3.68. The minimum absolute atomic E-state index is 0.150. The van der Waals surface area contributed by atoms with Crippen molar-refractivity contribution in [1.82, 2.24) is 19.8 Å². The lowest BCUT2D eigenvalue weighted by atomic mass is 10.00. The van der Waals surface area contributed by atoms with Crippen molar-refractivity contribution in [1.29, 1.82) is 0 Å². The molecule has 0 bridgehead atoms. The average molecular weight is 368 g/mol. The van der Waals surface area contributed by atoms with Crippen molar-refractivity contribution in [2.75, 3.05) is 0 Å². The molecule has 0 aliphatic heterocycles. The van der Waals surface area contributed by atoms with Crippen LogP contribution in [-0.2, 0) is 5.75 Å². The van der Waals surface area contributed by atoms with Gasteiger partial charge < -0.3 is 5.73 Å². The summed E-state index contributed by atoms with van der Waals surface area (Å²) >= 11 is 9.21. The molecule has 0 aliphatic rings. The molecule has 5 nitrogen and oxygen atoms in total. The van der Waals surface area contributed by atoms with E-state index >= 15 is 0 Å². The third-order valence-electron chi connectivity index (χ3n) is 3.80. The van der Waals surface area contributed by atoms with Crippen molar-refractivity contribution in [2.45, 2.75) is 36.4 Å². The van der Waals surface area contributed by atoms with E-state index in [4.69, 9.17) is 17.3 Å². The summed E-state index contributed by atoms with van der Waals surface area (Å²) in [5.74, 6) is 1.89. The standard InChI is InChI=1S/C15H18ClN5S2/c1-3-9(2)12(17)13-18-19-14-21(13)20-15(23-14)22-8-10-5-4-6-11(16)7-10/h4-7,9,12H,3,8,17H2,1-2H3. The maximum atomic E-state index is 6.27. The molecule has 122 valence electrons. The Labute approximate surface area is 148 Å². The highest BCUT2D eigenvalue weighted by Gasteiger charge is 2.21. The second-order valence-corrected chi connectivity index (χ2v) is 8.07. The van der Waals surface area contributed by atoms with Crippen LogP contribution in [0, 0.1) is 5.92 Å². The van der Waals surface area contributed by atoms with Crippen LogP contribution >= 0.6 is 34.7 Å². The molecule has 0 aliphatic carbocycles. The van der Waals surface area contributed by atoms with Gasteiger partial charge in [0.1, 0.15) is 0 Å². The summed E-state index contributed by atoms with van der Waals surface area (Å²) in [5.41, 5.74) is 7.44.